The molecule has 0 radical (unpaired) electrons. The molecule has 5 heteroatoms. The highest BCUT2D eigenvalue weighted by molar-refractivity contribution is 9.10. The molecule has 2 aliphatic heterocycles. The molecule has 6 rings (SSSR count). The van der Waals surface area contributed by atoms with E-state index in [0.29, 0.717) is 12.8 Å². The first-order chi connectivity index (χ1) is 14.9. The number of Topliss-reactive ketones (excluding diaryl/α,β-unsaturated/α-hetero) is 1. The van der Waals surface area contributed by atoms with Crippen LogP contribution in [0.3, 0.4) is 0 Å². The van der Waals surface area contributed by atoms with Crippen molar-refractivity contribution in [2.75, 3.05) is 7.11 Å². The van der Waals surface area contributed by atoms with E-state index in [-0.39, 0.29) is 23.7 Å². The number of hydrogen-bond donors (Lipinski definition) is 1. The number of nitrogens with one attached hydrogen (secondary N) is 1. The van der Waals surface area contributed by atoms with Crippen LogP contribution >= 0.6 is 15.9 Å². The van der Waals surface area contributed by atoms with Gasteiger partial charge in [0.25, 0.3) is 0 Å². The highest BCUT2D eigenvalue weighted by atomic mass is 79.9. The molecule has 2 heterocycles. The lowest BCUT2D eigenvalue weighted by Gasteiger charge is -2.62. The molecule has 31 heavy (non-hydrogen) atoms. The van der Waals surface area contributed by atoms with Gasteiger partial charge in [-0.25, -0.2) is 0 Å². The van der Waals surface area contributed by atoms with Gasteiger partial charge in [0.15, 0.2) is 5.78 Å². The van der Waals surface area contributed by atoms with Crippen LogP contribution in [-0.4, -0.2) is 24.4 Å². The van der Waals surface area contributed by atoms with Gasteiger partial charge >= 0.3 is 5.97 Å². The molecular formula is C26H24BrNO3. The fraction of sp³-hybridized carbons (Fsp3) is 0.308. The summed E-state index contributed by atoms with van der Waals surface area (Å²) in [5, 5.41) is 5.71. The standard InChI is InChI=1S/C26H24BrNO3/c1-25(24(30)31-2)20-14-26(15-20,22(28-25)18-8-5-9-21(27)13-18)23(29)19-11-10-16-6-3-4-7-17(16)12-19/h3-13,20,22,28H,14-15H2,1-2H3/t20?,22-,25-,26?/m0/s1. The van der Waals surface area contributed by atoms with E-state index in [1.54, 1.807) is 0 Å². The number of methoxy groups -OCH3 is 1. The van der Waals surface area contributed by atoms with Gasteiger partial charge in [-0.15, -0.1) is 0 Å². The summed E-state index contributed by atoms with van der Waals surface area (Å²) in [6.45, 7) is 1.90. The number of hydrogen-bond acceptors (Lipinski definition) is 4. The highest BCUT2D eigenvalue weighted by Crippen LogP contribution is 2.63. The van der Waals surface area contributed by atoms with Crippen LogP contribution in [0, 0.1) is 11.3 Å². The summed E-state index contributed by atoms with van der Waals surface area (Å²) in [5.41, 5.74) is 0.326. The molecule has 1 aliphatic carbocycles. The zero-order valence-electron chi connectivity index (χ0n) is 17.5. The normalized spacial score (nSPS) is 29.3. The number of ether oxygens (including phenoxy) is 1. The zero-order valence-corrected chi connectivity index (χ0v) is 19.1. The van der Waals surface area contributed by atoms with Crippen LogP contribution in [0.4, 0.5) is 0 Å². The Kier molecular flexibility index (Phi) is 4.79. The van der Waals surface area contributed by atoms with Gasteiger partial charge in [0.1, 0.15) is 5.54 Å². The second-order valence-corrected chi connectivity index (χ2v) is 9.89. The average Bonchev–Trinajstić information content (AvgIpc) is 2.76. The largest absolute Gasteiger partial charge is 0.468 e. The molecule has 3 aromatic rings. The number of halogens is 1. The predicted molar refractivity (Wildman–Crippen MR) is 124 cm³/mol. The minimum atomic E-state index is -0.812. The Morgan fingerprint density at radius 2 is 1.74 bits per heavy atom. The number of piperidine rings is 2. The Bertz CT molecular complexity index is 1200. The third-order valence-corrected chi connectivity index (χ3v) is 7.78. The van der Waals surface area contributed by atoms with Crippen LogP contribution in [0.5, 0.6) is 0 Å². The van der Waals surface area contributed by atoms with Crippen molar-refractivity contribution >= 4 is 38.5 Å². The maximum absolute atomic E-state index is 14.0. The van der Waals surface area contributed by atoms with Crippen molar-refractivity contribution in [1.82, 2.24) is 5.32 Å². The number of esters is 1. The van der Waals surface area contributed by atoms with E-state index in [1.165, 1.54) is 7.11 Å². The van der Waals surface area contributed by atoms with E-state index in [4.69, 9.17) is 4.74 Å². The SMILES string of the molecule is COC(=O)[C@@]1(C)N[C@@H](c2cccc(Br)c2)C2(C(=O)c3ccc4ccccc4c3)CC1C2. The van der Waals surface area contributed by atoms with Gasteiger partial charge < -0.3 is 4.74 Å². The van der Waals surface area contributed by atoms with Gasteiger partial charge in [0.2, 0.25) is 0 Å². The van der Waals surface area contributed by atoms with Crippen molar-refractivity contribution in [1.29, 1.82) is 0 Å². The molecular weight excluding hydrogens is 454 g/mol. The Hall–Kier alpha value is -2.50. The van der Waals surface area contributed by atoms with Crippen molar-refractivity contribution in [3.63, 3.8) is 0 Å². The molecule has 1 N–H and O–H groups in total. The van der Waals surface area contributed by atoms with Crippen LogP contribution in [0.1, 0.15) is 41.7 Å². The van der Waals surface area contributed by atoms with E-state index < -0.39 is 11.0 Å². The minimum Gasteiger partial charge on any atom is -0.468 e. The number of fused-ring (bicyclic) bond motifs is 3. The number of carbonyl (C=O) groups is 2. The Morgan fingerprint density at radius 3 is 2.45 bits per heavy atom. The lowest BCUT2D eigenvalue weighted by Crippen LogP contribution is -2.72. The highest BCUT2D eigenvalue weighted by Gasteiger charge is 2.67. The monoisotopic (exact) mass is 477 g/mol. The van der Waals surface area contributed by atoms with Crippen LogP contribution < -0.4 is 5.32 Å². The van der Waals surface area contributed by atoms with Crippen LogP contribution in [0.2, 0.25) is 0 Å². The number of ketones is 1. The average molecular weight is 478 g/mol. The molecule has 3 fully saturated rings. The molecule has 2 bridgehead atoms. The second-order valence-electron chi connectivity index (χ2n) is 8.98. The molecule has 0 spiro atoms. The second kappa shape index (κ2) is 7.28. The maximum Gasteiger partial charge on any atom is 0.326 e. The predicted octanol–water partition coefficient (Wildman–Crippen LogP) is 5.46. The third kappa shape index (κ3) is 3.06. The first-order valence-corrected chi connectivity index (χ1v) is 11.3. The van der Waals surface area contributed by atoms with Crippen LogP contribution in [0.25, 0.3) is 10.8 Å². The number of carbonyl (C=O) groups excluding carboxylic acids is 2. The molecule has 0 unspecified atom stereocenters. The Balaban J connectivity index is 1.59. The molecule has 3 aliphatic rings. The quantitative estimate of drug-likeness (QED) is 0.400. The van der Waals surface area contributed by atoms with E-state index in [9.17, 15) is 9.59 Å². The fourth-order valence-electron chi connectivity index (χ4n) is 5.48. The van der Waals surface area contributed by atoms with Gasteiger partial charge in [-0.2, -0.15) is 0 Å². The van der Waals surface area contributed by atoms with Gasteiger partial charge in [0.05, 0.1) is 12.5 Å². The summed E-state index contributed by atoms with van der Waals surface area (Å²) in [4.78, 5) is 26.6. The summed E-state index contributed by atoms with van der Waals surface area (Å²) in [6, 6.07) is 21.7. The molecule has 0 amide bonds. The molecule has 2 saturated heterocycles. The van der Waals surface area contributed by atoms with Crippen molar-refractivity contribution < 1.29 is 14.3 Å². The summed E-state index contributed by atoms with van der Waals surface area (Å²) in [7, 11) is 1.42. The molecule has 158 valence electrons. The molecule has 4 nitrogen and oxygen atoms in total. The minimum absolute atomic E-state index is 0.0627. The molecule has 0 aromatic heterocycles. The van der Waals surface area contributed by atoms with E-state index in [0.717, 1.165) is 26.4 Å². The summed E-state index contributed by atoms with van der Waals surface area (Å²) < 4.78 is 6.07. The maximum atomic E-state index is 14.0. The van der Waals surface area contributed by atoms with Crippen molar-refractivity contribution in [2.45, 2.75) is 31.3 Å². The van der Waals surface area contributed by atoms with Gasteiger partial charge in [0, 0.05) is 16.1 Å². The fourth-order valence-corrected chi connectivity index (χ4v) is 5.90. The third-order valence-electron chi connectivity index (χ3n) is 7.29. The van der Waals surface area contributed by atoms with E-state index >= 15 is 0 Å². The molecule has 3 aromatic carbocycles. The van der Waals surface area contributed by atoms with E-state index in [2.05, 4.69) is 27.3 Å². The Labute approximate surface area is 190 Å². The lowest BCUT2D eigenvalue weighted by atomic mass is 9.46. The summed E-state index contributed by atoms with van der Waals surface area (Å²) in [6.07, 6.45) is 1.32. The van der Waals surface area contributed by atoms with Crippen LogP contribution in [-0.2, 0) is 9.53 Å². The summed E-state index contributed by atoms with van der Waals surface area (Å²) in [5.74, 6) is -0.0735. The van der Waals surface area contributed by atoms with Crippen molar-refractivity contribution in [3.05, 3.63) is 82.3 Å². The van der Waals surface area contributed by atoms with E-state index in [1.807, 2.05) is 67.6 Å². The van der Waals surface area contributed by atoms with Crippen molar-refractivity contribution in [3.8, 4) is 0 Å². The number of rotatable bonds is 4. The summed E-state index contributed by atoms with van der Waals surface area (Å²) >= 11 is 3.56. The van der Waals surface area contributed by atoms with Gasteiger partial charge in [-0.05, 0) is 60.2 Å². The Morgan fingerprint density at radius 1 is 1.00 bits per heavy atom. The first-order valence-electron chi connectivity index (χ1n) is 10.5. The smallest absolute Gasteiger partial charge is 0.326 e. The van der Waals surface area contributed by atoms with Gasteiger partial charge in [-0.3, -0.25) is 14.9 Å². The lowest BCUT2D eigenvalue weighted by molar-refractivity contribution is -0.164. The first kappa shape index (κ1) is 20.4. The van der Waals surface area contributed by atoms with Gasteiger partial charge in [-0.1, -0.05) is 64.5 Å². The molecule has 1 saturated carbocycles. The van der Waals surface area contributed by atoms with Crippen LogP contribution in [0.15, 0.2) is 71.2 Å². The zero-order chi connectivity index (χ0) is 21.8. The topological polar surface area (TPSA) is 55.4 Å². The molecule has 2 atom stereocenters. The van der Waals surface area contributed by atoms with Crippen molar-refractivity contribution in [2.24, 2.45) is 11.3 Å². The number of benzene rings is 3.